The van der Waals surface area contributed by atoms with Crippen LogP contribution < -0.4 is 4.74 Å². The van der Waals surface area contributed by atoms with Crippen LogP contribution in [0, 0.1) is 0 Å². The number of carbonyl (C=O) groups is 3. The van der Waals surface area contributed by atoms with Gasteiger partial charge in [0.1, 0.15) is 5.75 Å². The van der Waals surface area contributed by atoms with Gasteiger partial charge >= 0.3 is 17.9 Å². The zero-order chi connectivity index (χ0) is 17.5. The average molecular weight is 326 g/mol. The smallest absolute Gasteiger partial charge is 0.336 e. The van der Waals surface area contributed by atoms with Crippen molar-refractivity contribution in [3.63, 3.8) is 0 Å². The number of carbonyl (C=O) groups excluding carboxylic acids is 1. The summed E-state index contributed by atoms with van der Waals surface area (Å²) >= 11 is 0. The molecule has 0 bridgehead atoms. The molecule has 0 fully saturated rings. The van der Waals surface area contributed by atoms with Gasteiger partial charge in [-0.05, 0) is 11.6 Å². The summed E-state index contributed by atoms with van der Waals surface area (Å²) < 4.78 is 10.00. The molecule has 23 heavy (non-hydrogen) atoms. The van der Waals surface area contributed by atoms with E-state index in [0.29, 0.717) is 12.2 Å². The Morgan fingerprint density at radius 1 is 1.13 bits per heavy atom. The van der Waals surface area contributed by atoms with Crippen molar-refractivity contribution < 1.29 is 39.2 Å². The third-order valence-electron chi connectivity index (χ3n) is 3.11. The van der Waals surface area contributed by atoms with Crippen LogP contribution in [0.25, 0.3) is 0 Å². The van der Waals surface area contributed by atoms with Crippen LogP contribution in [-0.2, 0) is 25.5 Å². The summed E-state index contributed by atoms with van der Waals surface area (Å²) in [4.78, 5) is 33.1. The number of benzene rings is 1. The number of para-hydroxylation sites is 1. The second-order valence-electron chi connectivity index (χ2n) is 4.87. The number of aliphatic hydroxyl groups is 1. The number of rotatable bonds is 9. The van der Waals surface area contributed by atoms with E-state index in [1.165, 1.54) is 7.11 Å². The first-order chi connectivity index (χ1) is 10.8. The highest BCUT2D eigenvalue weighted by molar-refractivity contribution is 5.88. The number of hydrogen-bond acceptors (Lipinski definition) is 6. The molecule has 0 aromatic heterocycles. The van der Waals surface area contributed by atoms with Crippen LogP contribution in [-0.4, -0.2) is 52.5 Å². The number of esters is 1. The Bertz CT molecular complexity index is 583. The number of methoxy groups -OCH3 is 1. The van der Waals surface area contributed by atoms with Crippen LogP contribution in [0.3, 0.4) is 0 Å². The Kier molecular flexibility index (Phi) is 6.52. The van der Waals surface area contributed by atoms with Gasteiger partial charge in [0.25, 0.3) is 0 Å². The van der Waals surface area contributed by atoms with E-state index < -0.39 is 36.4 Å². The highest BCUT2D eigenvalue weighted by atomic mass is 16.5. The fourth-order valence-electron chi connectivity index (χ4n) is 1.94. The van der Waals surface area contributed by atoms with Gasteiger partial charge in [0.05, 0.1) is 26.6 Å². The summed E-state index contributed by atoms with van der Waals surface area (Å²) in [5.74, 6) is -3.69. The standard InChI is InChI=1S/C15H18O8/c1-22-11-5-3-2-4-10(11)6-7-23-13(18)9-15(21,14(19)20)8-12(16)17/h2-5,21H,6-9H2,1H3,(H,16,17)(H,19,20). The second kappa shape index (κ2) is 8.14. The summed E-state index contributed by atoms with van der Waals surface area (Å²) in [6.07, 6.45) is -1.70. The molecular weight excluding hydrogens is 308 g/mol. The molecule has 0 heterocycles. The fourth-order valence-corrected chi connectivity index (χ4v) is 1.94. The molecule has 3 N–H and O–H groups in total. The minimum atomic E-state index is -2.69. The summed E-state index contributed by atoms with van der Waals surface area (Å²) in [5.41, 5.74) is -1.89. The molecule has 0 amide bonds. The van der Waals surface area contributed by atoms with Crippen molar-refractivity contribution in [1.29, 1.82) is 0 Å². The molecule has 1 rings (SSSR count). The molecule has 0 aliphatic heterocycles. The van der Waals surface area contributed by atoms with Gasteiger partial charge in [-0.1, -0.05) is 18.2 Å². The average Bonchev–Trinajstić information content (AvgIpc) is 2.46. The van der Waals surface area contributed by atoms with Crippen LogP contribution in [0.15, 0.2) is 24.3 Å². The Labute approximate surface area is 132 Å². The van der Waals surface area contributed by atoms with Crippen LogP contribution in [0.5, 0.6) is 5.75 Å². The summed E-state index contributed by atoms with van der Waals surface area (Å²) in [6.45, 7) is -0.0536. The first kappa shape index (κ1) is 18.4. The van der Waals surface area contributed by atoms with Gasteiger partial charge in [0.2, 0.25) is 0 Å². The molecule has 1 aromatic carbocycles. The molecule has 0 radical (unpaired) electrons. The zero-order valence-corrected chi connectivity index (χ0v) is 12.5. The number of aliphatic carboxylic acids is 2. The molecule has 0 spiro atoms. The van der Waals surface area contributed by atoms with Crippen molar-refractivity contribution in [3.05, 3.63) is 29.8 Å². The summed E-state index contributed by atoms with van der Waals surface area (Å²) in [6, 6.07) is 7.10. The van der Waals surface area contributed by atoms with Gasteiger partial charge in [-0.15, -0.1) is 0 Å². The number of ether oxygens (including phenoxy) is 2. The van der Waals surface area contributed by atoms with Crippen LogP contribution in [0.1, 0.15) is 18.4 Å². The van der Waals surface area contributed by atoms with E-state index in [2.05, 4.69) is 0 Å². The lowest BCUT2D eigenvalue weighted by atomic mass is 9.96. The Morgan fingerprint density at radius 2 is 1.78 bits per heavy atom. The van der Waals surface area contributed by atoms with Crippen molar-refractivity contribution in [2.45, 2.75) is 24.9 Å². The first-order valence-electron chi connectivity index (χ1n) is 6.73. The molecule has 1 unspecified atom stereocenters. The van der Waals surface area contributed by atoms with Crippen LogP contribution in [0.2, 0.25) is 0 Å². The SMILES string of the molecule is COc1ccccc1CCOC(=O)CC(O)(CC(=O)O)C(=O)O. The highest BCUT2D eigenvalue weighted by Gasteiger charge is 2.41. The molecule has 126 valence electrons. The quantitative estimate of drug-likeness (QED) is 0.558. The number of carboxylic acid groups (broad SMARTS) is 2. The van der Waals surface area contributed by atoms with Gasteiger partial charge in [-0.25, -0.2) is 4.79 Å². The lowest BCUT2D eigenvalue weighted by Gasteiger charge is -2.20. The molecule has 1 aromatic rings. The Hall–Kier alpha value is -2.61. The maximum absolute atomic E-state index is 11.6. The maximum Gasteiger partial charge on any atom is 0.336 e. The van der Waals surface area contributed by atoms with E-state index in [0.717, 1.165) is 5.56 Å². The fraction of sp³-hybridized carbons (Fsp3) is 0.400. The van der Waals surface area contributed by atoms with E-state index >= 15 is 0 Å². The molecule has 8 heteroatoms. The second-order valence-corrected chi connectivity index (χ2v) is 4.87. The monoisotopic (exact) mass is 326 g/mol. The summed E-state index contributed by atoms with van der Waals surface area (Å²) in [5, 5.41) is 27.2. The lowest BCUT2D eigenvalue weighted by molar-refractivity contribution is -0.171. The maximum atomic E-state index is 11.6. The van der Waals surface area contributed by atoms with Gasteiger partial charge in [-0.3, -0.25) is 9.59 Å². The van der Waals surface area contributed by atoms with Gasteiger partial charge in [0, 0.05) is 6.42 Å². The molecule has 0 saturated carbocycles. The van der Waals surface area contributed by atoms with E-state index in [-0.39, 0.29) is 6.61 Å². The van der Waals surface area contributed by atoms with E-state index in [9.17, 15) is 19.5 Å². The van der Waals surface area contributed by atoms with Crippen molar-refractivity contribution in [1.82, 2.24) is 0 Å². The number of hydrogen-bond donors (Lipinski definition) is 3. The van der Waals surface area contributed by atoms with E-state index in [1.807, 2.05) is 0 Å². The van der Waals surface area contributed by atoms with Crippen molar-refractivity contribution in [2.75, 3.05) is 13.7 Å². The van der Waals surface area contributed by atoms with E-state index in [1.54, 1.807) is 24.3 Å². The topological polar surface area (TPSA) is 130 Å². The third kappa shape index (κ3) is 5.59. The minimum absolute atomic E-state index is 0.0536. The normalized spacial score (nSPS) is 13.0. The Morgan fingerprint density at radius 3 is 2.35 bits per heavy atom. The molecule has 0 saturated heterocycles. The van der Waals surface area contributed by atoms with Crippen molar-refractivity contribution >= 4 is 17.9 Å². The predicted octanol–water partition coefficient (Wildman–Crippen LogP) is 0.461. The number of carboxylic acids is 2. The zero-order valence-electron chi connectivity index (χ0n) is 12.5. The molecule has 8 nitrogen and oxygen atoms in total. The predicted molar refractivity (Wildman–Crippen MR) is 77.1 cm³/mol. The highest BCUT2D eigenvalue weighted by Crippen LogP contribution is 2.19. The van der Waals surface area contributed by atoms with Crippen molar-refractivity contribution in [3.8, 4) is 5.75 Å². The minimum Gasteiger partial charge on any atom is -0.496 e. The lowest BCUT2D eigenvalue weighted by Crippen LogP contribution is -2.43. The van der Waals surface area contributed by atoms with Gasteiger partial charge in [0.15, 0.2) is 5.60 Å². The van der Waals surface area contributed by atoms with E-state index in [4.69, 9.17) is 19.7 Å². The molecule has 0 aliphatic carbocycles. The molecule has 1 atom stereocenters. The largest absolute Gasteiger partial charge is 0.496 e. The third-order valence-corrected chi connectivity index (χ3v) is 3.11. The molecule has 0 aliphatic rings. The first-order valence-corrected chi connectivity index (χ1v) is 6.73. The summed E-state index contributed by atoms with van der Waals surface area (Å²) in [7, 11) is 1.50. The molecular formula is C15H18O8. The van der Waals surface area contributed by atoms with Crippen LogP contribution in [0.4, 0.5) is 0 Å². The van der Waals surface area contributed by atoms with Gasteiger partial charge in [-0.2, -0.15) is 0 Å². The van der Waals surface area contributed by atoms with Crippen LogP contribution >= 0.6 is 0 Å². The van der Waals surface area contributed by atoms with Gasteiger partial charge < -0.3 is 24.8 Å². The Balaban J connectivity index is 2.56. The van der Waals surface area contributed by atoms with Crippen molar-refractivity contribution in [2.24, 2.45) is 0 Å².